The third-order valence-corrected chi connectivity index (χ3v) is 4.20. The molecule has 1 fully saturated rings. The molecule has 2 atom stereocenters. The summed E-state index contributed by atoms with van der Waals surface area (Å²) < 4.78 is 0. The van der Waals surface area contributed by atoms with Crippen LogP contribution in [0, 0.1) is 11.8 Å². The molecule has 104 valence electrons. The Balaban J connectivity index is 1.79. The molecular formula is C16H18N2O2. The van der Waals surface area contributed by atoms with Crippen LogP contribution in [0.5, 0.6) is 0 Å². The first-order valence-electron chi connectivity index (χ1n) is 7.04. The van der Waals surface area contributed by atoms with E-state index < -0.39 is 0 Å². The lowest BCUT2D eigenvalue weighted by Crippen LogP contribution is -2.34. The van der Waals surface area contributed by atoms with E-state index in [9.17, 15) is 9.59 Å². The van der Waals surface area contributed by atoms with Crippen LogP contribution in [0.15, 0.2) is 36.5 Å². The van der Waals surface area contributed by atoms with E-state index in [0.29, 0.717) is 23.0 Å². The predicted octanol–water partition coefficient (Wildman–Crippen LogP) is 2.04. The standard InChI is InChI=1S/C16H18N2O2/c1-11-6-8-17-10-12(11)7-9-18-15(19)13-4-2-3-5-14(13)16(18)20/h2-5,7,9,11-12,17H,6,8,10H2,1H3/b9-7+/t11-,12+/m0/s1. The minimum atomic E-state index is -0.224. The van der Waals surface area contributed by atoms with E-state index in [1.165, 1.54) is 4.90 Å². The van der Waals surface area contributed by atoms with Crippen molar-refractivity contribution in [3.8, 4) is 0 Å². The van der Waals surface area contributed by atoms with Crippen LogP contribution >= 0.6 is 0 Å². The summed E-state index contributed by atoms with van der Waals surface area (Å²) in [4.78, 5) is 25.6. The first-order valence-corrected chi connectivity index (χ1v) is 7.04. The van der Waals surface area contributed by atoms with Crippen molar-refractivity contribution < 1.29 is 9.59 Å². The van der Waals surface area contributed by atoms with Gasteiger partial charge in [0, 0.05) is 12.7 Å². The van der Waals surface area contributed by atoms with Gasteiger partial charge in [-0.25, -0.2) is 4.90 Å². The number of hydrogen-bond donors (Lipinski definition) is 1. The van der Waals surface area contributed by atoms with Crippen LogP contribution in [0.1, 0.15) is 34.1 Å². The molecule has 2 aliphatic rings. The molecular weight excluding hydrogens is 252 g/mol. The van der Waals surface area contributed by atoms with E-state index >= 15 is 0 Å². The second kappa shape index (κ2) is 5.21. The molecule has 0 aromatic heterocycles. The first kappa shape index (κ1) is 13.1. The number of amides is 2. The summed E-state index contributed by atoms with van der Waals surface area (Å²) in [5, 5.41) is 3.34. The van der Waals surface area contributed by atoms with Gasteiger partial charge in [-0.15, -0.1) is 0 Å². The Labute approximate surface area is 118 Å². The molecule has 1 aromatic rings. The average molecular weight is 270 g/mol. The molecule has 0 radical (unpaired) electrons. The Kier molecular flexibility index (Phi) is 3.40. The molecule has 0 saturated carbocycles. The molecule has 3 rings (SSSR count). The maximum absolute atomic E-state index is 12.2. The third-order valence-electron chi connectivity index (χ3n) is 4.20. The molecule has 4 heteroatoms. The Morgan fingerprint density at radius 2 is 1.85 bits per heavy atom. The van der Waals surface area contributed by atoms with Crippen LogP contribution in [0.25, 0.3) is 0 Å². The van der Waals surface area contributed by atoms with Crippen LogP contribution < -0.4 is 5.32 Å². The first-order chi connectivity index (χ1) is 9.68. The highest BCUT2D eigenvalue weighted by molar-refractivity contribution is 6.22. The molecule has 1 saturated heterocycles. The molecule has 0 spiro atoms. The molecule has 4 nitrogen and oxygen atoms in total. The normalized spacial score (nSPS) is 26.4. The zero-order valence-electron chi connectivity index (χ0n) is 11.5. The lowest BCUT2D eigenvalue weighted by molar-refractivity contribution is 0.0720. The van der Waals surface area contributed by atoms with Crippen molar-refractivity contribution in [1.29, 1.82) is 0 Å². The lowest BCUT2D eigenvalue weighted by Gasteiger charge is -2.27. The van der Waals surface area contributed by atoms with Crippen molar-refractivity contribution in [2.24, 2.45) is 11.8 Å². The summed E-state index contributed by atoms with van der Waals surface area (Å²) in [6, 6.07) is 6.97. The summed E-state index contributed by atoms with van der Waals surface area (Å²) in [5.74, 6) is 0.493. The molecule has 1 aromatic carbocycles. The number of nitrogens with one attached hydrogen (secondary N) is 1. The largest absolute Gasteiger partial charge is 0.316 e. The number of nitrogens with zero attached hydrogens (tertiary/aromatic N) is 1. The van der Waals surface area contributed by atoms with E-state index in [-0.39, 0.29) is 11.8 Å². The number of imide groups is 1. The van der Waals surface area contributed by atoms with E-state index in [1.807, 2.05) is 6.08 Å². The summed E-state index contributed by atoms with van der Waals surface area (Å²) in [6.45, 7) is 4.15. The van der Waals surface area contributed by atoms with Crippen molar-refractivity contribution >= 4 is 11.8 Å². The zero-order chi connectivity index (χ0) is 14.1. The summed E-state index contributed by atoms with van der Waals surface area (Å²) in [5.41, 5.74) is 0.994. The third kappa shape index (κ3) is 2.16. The van der Waals surface area contributed by atoms with Gasteiger partial charge in [0.25, 0.3) is 11.8 Å². The van der Waals surface area contributed by atoms with Crippen molar-refractivity contribution in [2.45, 2.75) is 13.3 Å². The Morgan fingerprint density at radius 1 is 1.20 bits per heavy atom. The highest BCUT2D eigenvalue weighted by atomic mass is 16.2. The number of carbonyl (C=O) groups is 2. The summed E-state index contributed by atoms with van der Waals surface area (Å²) >= 11 is 0. The van der Waals surface area contributed by atoms with Gasteiger partial charge >= 0.3 is 0 Å². The fourth-order valence-electron chi connectivity index (χ4n) is 2.81. The van der Waals surface area contributed by atoms with E-state index in [2.05, 4.69) is 12.2 Å². The number of fused-ring (bicyclic) bond motifs is 1. The van der Waals surface area contributed by atoms with Crippen LogP contribution in [0.3, 0.4) is 0 Å². The van der Waals surface area contributed by atoms with Gasteiger partial charge < -0.3 is 5.32 Å². The lowest BCUT2D eigenvalue weighted by atomic mass is 9.88. The van der Waals surface area contributed by atoms with E-state index in [4.69, 9.17) is 0 Å². The number of carbonyl (C=O) groups excluding carboxylic acids is 2. The Hall–Kier alpha value is -1.94. The molecule has 1 N–H and O–H groups in total. The SMILES string of the molecule is C[C@H]1CCNC[C@H]1/C=C/N1C(=O)c2ccccc2C1=O. The number of piperidine rings is 1. The molecule has 20 heavy (non-hydrogen) atoms. The minimum Gasteiger partial charge on any atom is -0.316 e. The van der Waals surface area contributed by atoms with Crippen molar-refractivity contribution in [1.82, 2.24) is 10.2 Å². The number of hydrogen-bond acceptors (Lipinski definition) is 3. The number of benzene rings is 1. The quantitative estimate of drug-likeness (QED) is 0.837. The smallest absolute Gasteiger partial charge is 0.265 e. The van der Waals surface area contributed by atoms with Crippen molar-refractivity contribution in [2.75, 3.05) is 13.1 Å². The van der Waals surface area contributed by atoms with Gasteiger partial charge in [-0.2, -0.15) is 0 Å². The second-order valence-electron chi connectivity index (χ2n) is 5.50. The topological polar surface area (TPSA) is 49.4 Å². The van der Waals surface area contributed by atoms with Crippen molar-refractivity contribution in [3.63, 3.8) is 0 Å². The molecule has 2 heterocycles. The minimum absolute atomic E-state index is 0.224. The highest BCUT2D eigenvalue weighted by Crippen LogP contribution is 2.24. The Morgan fingerprint density at radius 3 is 2.45 bits per heavy atom. The summed E-state index contributed by atoms with van der Waals surface area (Å²) in [6.07, 6.45) is 4.76. The molecule has 0 unspecified atom stereocenters. The Bertz CT molecular complexity index is 545. The van der Waals surface area contributed by atoms with Crippen LogP contribution in [0.4, 0.5) is 0 Å². The molecule has 2 aliphatic heterocycles. The van der Waals surface area contributed by atoms with Crippen LogP contribution in [-0.4, -0.2) is 29.8 Å². The van der Waals surface area contributed by atoms with E-state index in [0.717, 1.165) is 19.5 Å². The maximum atomic E-state index is 12.2. The van der Waals surface area contributed by atoms with Gasteiger partial charge in [0.2, 0.25) is 0 Å². The van der Waals surface area contributed by atoms with Gasteiger partial charge in [0.1, 0.15) is 0 Å². The highest BCUT2D eigenvalue weighted by Gasteiger charge is 2.33. The van der Waals surface area contributed by atoms with Crippen LogP contribution in [0.2, 0.25) is 0 Å². The van der Waals surface area contributed by atoms with Gasteiger partial charge in [0.05, 0.1) is 11.1 Å². The monoisotopic (exact) mass is 270 g/mol. The fraction of sp³-hybridized carbons (Fsp3) is 0.375. The van der Waals surface area contributed by atoms with Gasteiger partial charge in [0.15, 0.2) is 0 Å². The van der Waals surface area contributed by atoms with E-state index in [1.54, 1.807) is 30.5 Å². The van der Waals surface area contributed by atoms with Gasteiger partial charge in [-0.1, -0.05) is 25.1 Å². The predicted molar refractivity (Wildman–Crippen MR) is 76.2 cm³/mol. The second-order valence-corrected chi connectivity index (χ2v) is 5.50. The number of rotatable bonds is 2. The average Bonchev–Trinajstić information content (AvgIpc) is 2.71. The molecule has 2 amide bonds. The van der Waals surface area contributed by atoms with Crippen LogP contribution in [-0.2, 0) is 0 Å². The molecule has 0 bridgehead atoms. The summed E-state index contributed by atoms with van der Waals surface area (Å²) in [7, 11) is 0. The maximum Gasteiger partial charge on any atom is 0.265 e. The van der Waals surface area contributed by atoms with Gasteiger partial charge in [-0.3, -0.25) is 9.59 Å². The zero-order valence-corrected chi connectivity index (χ0v) is 11.5. The fourth-order valence-corrected chi connectivity index (χ4v) is 2.81. The van der Waals surface area contributed by atoms with Crippen molar-refractivity contribution in [3.05, 3.63) is 47.7 Å². The molecule has 0 aliphatic carbocycles. The van der Waals surface area contributed by atoms with Gasteiger partial charge in [-0.05, 0) is 36.9 Å².